The molecule has 0 bridgehead atoms. The van der Waals surface area contributed by atoms with Crippen LogP contribution in [0.5, 0.6) is 5.75 Å². The van der Waals surface area contributed by atoms with E-state index in [0.717, 1.165) is 19.5 Å². The van der Waals surface area contributed by atoms with Crippen LogP contribution in [-0.4, -0.2) is 30.9 Å². The molecule has 1 aliphatic heterocycles. The van der Waals surface area contributed by atoms with Crippen molar-refractivity contribution in [1.29, 1.82) is 0 Å². The maximum atomic E-state index is 12.4. The summed E-state index contributed by atoms with van der Waals surface area (Å²) in [4.78, 5) is 2.12. The van der Waals surface area contributed by atoms with Gasteiger partial charge in [0.25, 0.3) is 0 Å². The molecule has 1 aliphatic rings. The third kappa shape index (κ3) is 5.05. The molecular formula is C14H20ClF3N2O. The van der Waals surface area contributed by atoms with Crippen LogP contribution in [0.3, 0.4) is 0 Å². The second kappa shape index (κ2) is 6.85. The lowest BCUT2D eigenvalue weighted by Crippen LogP contribution is -2.31. The van der Waals surface area contributed by atoms with Gasteiger partial charge < -0.3 is 10.5 Å². The summed E-state index contributed by atoms with van der Waals surface area (Å²) >= 11 is 0. The number of ether oxygens (including phenoxy) is 1. The maximum Gasteiger partial charge on any atom is 0.573 e. The molecule has 0 spiro atoms. The molecule has 1 saturated heterocycles. The van der Waals surface area contributed by atoms with E-state index in [9.17, 15) is 13.2 Å². The number of nitrogens with two attached hydrogens (primary N) is 1. The Balaban J connectivity index is 0.00000220. The minimum absolute atomic E-state index is 0. The zero-order valence-corrected chi connectivity index (χ0v) is 12.6. The topological polar surface area (TPSA) is 38.5 Å². The second-order valence-electron chi connectivity index (χ2n) is 5.63. The molecule has 21 heavy (non-hydrogen) atoms. The fourth-order valence-corrected chi connectivity index (χ4v) is 2.53. The van der Waals surface area contributed by atoms with E-state index in [2.05, 4.69) is 16.6 Å². The Morgan fingerprint density at radius 2 is 2.00 bits per heavy atom. The summed E-state index contributed by atoms with van der Waals surface area (Å²) in [5, 5.41) is 0. The van der Waals surface area contributed by atoms with E-state index in [0.29, 0.717) is 18.7 Å². The lowest BCUT2D eigenvalue weighted by molar-refractivity contribution is -0.275. The summed E-state index contributed by atoms with van der Waals surface area (Å²) in [6.45, 7) is 4.77. The molecule has 1 aromatic carbocycles. The van der Waals surface area contributed by atoms with Gasteiger partial charge in [0.2, 0.25) is 0 Å². The van der Waals surface area contributed by atoms with E-state index < -0.39 is 6.36 Å². The number of rotatable bonds is 4. The van der Waals surface area contributed by atoms with Crippen LogP contribution >= 0.6 is 12.4 Å². The number of hydrogen-bond donors (Lipinski definition) is 1. The minimum atomic E-state index is -4.66. The zero-order valence-electron chi connectivity index (χ0n) is 11.8. The summed E-state index contributed by atoms with van der Waals surface area (Å²) in [6.07, 6.45) is -3.70. The van der Waals surface area contributed by atoms with Crippen LogP contribution in [0.2, 0.25) is 0 Å². The molecule has 7 heteroatoms. The quantitative estimate of drug-likeness (QED) is 0.924. The van der Waals surface area contributed by atoms with Gasteiger partial charge in [-0.05, 0) is 31.0 Å². The minimum Gasteiger partial charge on any atom is -0.405 e. The first-order chi connectivity index (χ1) is 9.31. The van der Waals surface area contributed by atoms with E-state index in [-0.39, 0.29) is 23.6 Å². The van der Waals surface area contributed by atoms with Gasteiger partial charge in [0, 0.05) is 18.7 Å². The summed E-state index contributed by atoms with van der Waals surface area (Å²) in [6, 6.07) is 6.27. The monoisotopic (exact) mass is 324 g/mol. The number of hydrogen-bond acceptors (Lipinski definition) is 3. The highest BCUT2D eigenvalue weighted by Crippen LogP contribution is 2.32. The molecule has 3 nitrogen and oxygen atoms in total. The first kappa shape index (κ1) is 18.1. The molecule has 1 heterocycles. The summed E-state index contributed by atoms with van der Waals surface area (Å²) in [5.74, 6) is -0.124. The largest absolute Gasteiger partial charge is 0.573 e. The van der Waals surface area contributed by atoms with Crippen LogP contribution in [0.4, 0.5) is 13.2 Å². The van der Waals surface area contributed by atoms with Crippen molar-refractivity contribution in [3.8, 4) is 5.75 Å². The first-order valence-electron chi connectivity index (χ1n) is 6.57. The van der Waals surface area contributed by atoms with Crippen LogP contribution in [0.1, 0.15) is 18.9 Å². The molecule has 2 N–H and O–H groups in total. The van der Waals surface area contributed by atoms with Gasteiger partial charge in [-0.25, -0.2) is 0 Å². The number of likely N-dealkylation sites (tertiary alicyclic amines) is 1. The molecule has 0 amide bonds. The second-order valence-corrected chi connectivity index (χ2v) is 5.63. The Morgan fingerprint density at radius 3 is 2.57 bits per heavy atom. The number of benzene rings is 1. The molecular weight excluding hydrogens is 305 g/mol. The number of alkyl halides is 3. The Bertz CT molecular complexity index is 470. The third-order valence-electron chi connectivity index (χ3n) is 3.72. The predicted octanol–water partition coefficient (Wildman–Crippen LogP) is 3.18. The molecule has 1 fully saturated rings. The van der Waals surface area contributed by atoms with E-state index >= 15 is 0 Å². The number of para-hydroxylation sites is 1. The molecule has 2 rings (SSSR count). The fraction of sp³-hybridized carbons (Fsp3) is 0.571. The molecule has 0 radical (unpaired) electrons. The van der Waals surface area contributed by atoms with E-state index in [4.69, 9.17) is 5.73 Å². The van der Waals surface area contributed by atoms with Crippen molar-refractivity contribution in [3.63, 3.8) is 0 Å². The van der Waals surface area contributed by atoms with Gasteiger partial charge in [-0.15, -0.1) is 25.6 Å². The smallest absolute Gasteiger partial charge is 0.405 e. The molecule has 1 aromatic rings. The van der Waals surface area contributed by atoms with Crippen molar-refractivity contribution >= 4 is 12.4 Å². The molecule has 0 aromatic heterocycles. The van der Waals surface area contributed by atoms with Crippen molar-refractivity contribution in [2.45, 2.75) is 26.3 Å². The van der Waals surface area contributed by atoms with Gasteiger partial charge >= 0.3 is 6.36 Å². The van der Waals surface area contributed by atoms with Gasteiger partial charge in [0.1, 0.15) is 5.75 Å². The van der Waals surface area contributed by atoms with Crippen LogP contribution in [0.15, 0.2) is 24.3 Å². The van der Waals surface area contributed by atoms with Crippen LogP contribution in [0.25, 0.3) is 0 Å². The lowest BCUT2D eigenvalue weighted by Gasteiger charge is -2.23. The van der Waals surface area contributed by atoms with Gasteiger partial charge in [-0.2, -0.15) is 0 Å². The van der Waals surface area contributed by atoms with E-state index in [1.165, 1.54) is 6.07 Å². The van der Waals surface area contributed by atoms with Crippen LogP contribution in [0, 0.1) is 5.41 Å². The SMILES string of the molecule is CC1(CN)CCN(Cc2ccccc2OC(F)(F)F)C1.Cl. The van der Waals surface area contributed by atoms with Gasteiger partial charge in [-0.1, -0.05) is 25.1 Å². The first-order valence-corrected chi connectivity index (χ1v) is 6.57. The van der Waals surface area contributed by atoms with Crippen molar-refractivity contribution < 1.29 is 17.9 Å². The molecule has 1 unspecified atom stereocenters. The molecule has 1 atom stereocenters. The molecule has 0 aliphatic carbocycles. The highest BCUT2D eigenvalue weighted by atomic mass is 35.5. The van der Waals surface area contributed by atoms with Crippen molar-refractivity contribution in [2.24, 2.45) is 11.1 Å². The average molecular weight is 325 g/mol. The van der Waals surface area contributed by atoms with Crippen LogP contribution in [-0.2, 0) is 6.54 Å². The van der Waals surface area contributed by atoms with Crippen molar-refractivity contribution in [2.75, 3.05) is 19.6 Å². The zero-order chi connectivity index (χ0) is 14.8. The van der Waals surface area contributed by atoms with E-state index in [1.54, 1.807) is 18.2 Å². The van der Waals surface area contributed by atoms with Gasteiger partial charge in [0.05, 0.1) is 0 Å². The Kier molecular flexibility index (Phi) is 5.90. The van der Waals surface area contributed by atoms with E-state index in [1.807, 2.05) is 0 Å². The lowest BCUT2D eigenvalue weighted by atomic mass is 9.90. The summed E-state index contributed by atoms with van der Waals surface area (Å²) in [5.41, 5.74) is 6.34. The number of halogens is 4. The van der Waals surface area contributed by atoms with Crippen molar-refractivity contribution in [1.82, 2.24) is 4.90 Å². The molecule has 0 saturated carbocycles. The molecule has 120 valence electrons. The summed E-state index contributed by atoms with van der Waals surface area (Å²) in [7, 11) is 0. The maximum absolute atomic E-state index is 12.4. The highest BCUT2D eigenvalue weighted by Gasteiger charge is 2.34. The highest BCUT2D eigenvalue weighted by molar-refractivity contribution is 5.85. The normalized spacial score (nSPS) is 22.9. The predicted molar refractivity (Wildman–Crippen MR) is 77.4 cm³/mol. The summed E-state index contributed by atoms with van der Waals surface area (Å²) < 4.78 is 41.2. The Morgan fingerprint density at radius 1 is 1.33 bits per heavy atom. The average Bonchev–Trinajstić information content (AvgIpc) is 2.73. The van der Waals surface area contributed by atoms with Gasteiger partial charge in [-0.3, -0.25) is 4.90 Å². The van der Waals surface area contributed by atoms with Crippen molar-refractivity contribution in [3.05, 3.63) is 29.8 Å². The number of nitrogens with zero attached hydrogens (tertiary/aromatic N) is 1. The third-order valence-corrected chi connectivity index (χ3v) is 3.72. The Labute approximate surface area is 128 Å². The van der Waals surface area contributed by atoms with Crippen LogP contribution < -0.4 is 10.5 Å². The van der Waals surface area contributed by atoms with Gasteiger partial charge in [0.15, 0.2) is 0 Å². The standard InChI is InChI=1S/C14H19F3N2O.ClH/c1-13(9-18)6-7-19(10-13)8-11-4-2-3-5-12(11)20-14(15,16)17;/h2-5H,6-10,18H2,1H3;1H. The Hall–Kier alpha value is -0.980. The fourth-order valence-electron chi connectivity index (χ4n) is 2.53.